The van der Waals surface area contributed by atoms with Gasteiger partial charge in [-0.3, -0.25) is 29.4 Å². The van der Waals surface area contributed by atoms with Crippen molar-refractivity contribution in [1.82, 2.24) is 9.88 Å². The van der Waals surface area contributed by atoms with Crippen molar-refractivity contribution in [3.63, 3.8) is 0 Å². The summed E-state index contributed by atoms with van der Waals surface area (Å²) >= 11 is 1.17. The van der Waals surface area contributed by atoms with Crippen molar-refractivity contribution in [3.05, 3.63) is 79.9 Å². The Morgan fingerprint density at radius 1 is 1.20 bits per heavy atom. The summed E-state index contributed by atoms with van der Waals surface area (Å²) in [6.45, 7) is 0. The molecule has 0 aliphatic heterocycles. The minimum Gasteiger partial charge on any atom is -0.508 e. The third kappa shape index (κ3) is 4.46. The first-order valence-electron chi connectivity index (χ1n) is 13.7. The summed E-state index contributed by atoms with van der Waals surface area (Å²) in [6, 6.07) is 8.03. The lowest BCUT2D eigenvalue weighted by atomic mass is 9.57. The molecule has 0 bridgehead atoms. The molecule has 1 heterocycles. The first-order valence-corrected chi connectivity index (χ1v) is 14.6. The fourth-order valence-corrected chi connectivity index (χ4v) is 7.41. The number of benzene rings is 2. The van der Waals surface area contributed by atoms with Gasteiger partial charge in [-0.15, -0.1) is 11.3 Å². The summed E-state index contributed by atoms with van der Waals surface area (Å²) in [4.78, 5) is 55.9. The van der Waals surface area contributed by atoms with E-state index in [1.165, 1.54) is 42.5 Å². The Labute approximate surface area is 258 Å². The lowest BCUT2D eigenvalue weighted by molar-refractivity contribution is -0.384. The van der Waals surface area contributed by atoms with E-state index in [2.05, 4.69) is 10.3 Å². The molecule has 15 heteroatoms. The summed E-state index contributed by atoms with van der Waals surface area (Å²) in [6.07, 6.45) is 0.155. The van der Waals surface area contributed by atoms with Crippen LogP contribution in [0.2, 0.25) is 0 Å². The molecule has 0 unspecified atom stereocenters. The highest BCUT2D eigenvalue weighted by Crippen LogP contribution is 2.53. The highest BCUT2D eigenvalue weighted by molar-refractivity contribution is 7.14. The SMILES string of the molecule is CN(C)[C@H]1C(=O)C(C(N)=O)=C(O)[C@]2(O)C(=O)C3=C(O)c4c(ccc(Nc5nc(-c6cccc([N+](=O)[O-])c6)cs5)c4O)C[C@@H]3C[C@H]12. The van der Waals surface area contributed by atoms with Crippen LogP contribution in [-0.4, -0.2) is 78.4 Å². The number of anilines is 2. The van der Waals surface area contributed by atoms with Crippen molar-refractivity contribution in [2.75, 3.05) is 19.4 Å². The third-order valence-corrected chi connectivity index (χ3v) is 9.45. The van der Waals surface area contributed by atoms with E-state index in [1.54, 1.807) is 29.6 Å². The van der Waals surface area contributed by atoms with E-state index in [0.29, 0.717) is 22.0 Å². The van der Waals surface area contributed by atoms with Crippen LogP contribution in [0.3, 0.4) is 0 Å². The lowest BCUT2D eigenvalue weighted by Gasteiger charge is -2.50. The maximum atomic E-state index is 14.0. The number of hydrogen-bond acceptors (Lipinski definition) is 13. The number of nitro groups is 1. The van der Waals surface area contributed by atoms with E-state index in [4.69, 9.17) is 5.73 Å². The number of aliphatic hydroxyl groups excluding tert-OH is 2. The molecule has 3 aromatic rings. The number of aromatic nitrogens is 1. The number of carbonyl (C=O) groups excluding carboxylic acids is 3. The van der Waals surface area contributed by atoms with E-state index in [1.807, 2.05) is 0 Å². The van der Waals surface area contributed by atoms with Gasteiger partial charge in [0.1, 0.15) is 22.8 Å². The Kier molecular flexibility index (Phi) is 6.99. The van der Waals surface area contributed by atoms with Gasteiger partial charge in [-0.2, -0.15) is 0 Å². The molecule has 6 rings (SSSR count). The molecule has 2 aromatic carbocycles. The van der Waals surface area contributed by atoms with E-state index >= 15 is 0 Å². The summed E-state index contributed by atoms with van der Waals surface area (Å²) in [7, 11) is 3.07. The second kappa shape index (κ2) is 10.5. The summed E-state index contributed by atoms with van der Waals surface area (Å²) in [5.74, 6) is -7.22. The zero-order valence-electron chi connectivity index (χ0n) is 23.8. The highest BCUT2D eigenvalue weighted by Gasteiger charge is 2.64. The number of non-ortho nitro benzene ring substituents is 1. The number of hydrogen-bond donors (Lipinski definition) is 6. The summed E-state index contributed by atoms with van der Waals surface area (Å²) in [5, 5.41) is 61.6. The van der Waals surface area contributed by atoms with Gasteiger partial charge < -0.3 is 31.5 Å². The van der Waals surface area contributed by atoms with Crippen molar-refractivity contribution in [3.8, 4) is 17.0 Å². The van der Waals surface area contributed by atoms with E-state index in [0.717, 1.165) is 0 Å². The van der Waals surface area contributed by atoms with Crippen LogP contribution >= 0.6 is 11.3 Å². The largest absolute Gasteiger partial charge is 0.508 e. The first kappa shape index (κ1) is 29.9. The normalized spacial score (nSPS) is 24.3. The summed E-state index contributed by atoms with van der Waals surface area (Å²) < 4.78 is 0. The first-order chi connectivity index (χ1) is 21.2. The number of amides is 1. The number of fused-ring (bicyclic) bond motifs is 3. The second-order valence-corrected chi connectivity index (χ2v) is 12.3. The van der Waals surface area contributed by atoms with Crippen molar-refractivity contribution in [2.45, 2.75) is 24.5 Å². The van der Waals surface area contributed by atoms with Gasteiger partial charge in [0.25, 0.3) is 11.6 Å². The minimum atomic E-state index is -2.72. The number of primary amides is 1. The molecule has 0 radical (unpaired) electrons. The number of nitro benzene ring substituents is 1. The van der Waals surface area contributed by atoms with E-state index in [-0.39, 0.29) is 35.4 Å². The molecule has 1 fully saturated rings. The number of rotatable bonds is 6. The van der Waals surface area contributed by atoms with Gasteiger partial charge in [-0.05, 0) is 44.5 Å². The molecule has 0 spiro atoms. The van der Waals surface area contributed by atoms with Crippen molar-refractivity contribution in [2.24, 2.45) is 17.6 Å². The number of nitrogens with two attached hydrogens (primary N) is 1. The zero-order valence-corrected chi connectivity index (χ0v) is 24.7. The quantitative estimate of drug-likeness (QED) is 0.0996. The molecule has 4 atom stereocenters. The number of nitrogens with zero attached hydrogens (tertiary/aromatic N) is 3. The smallest absolute Gasteiger partial charge is 0.270 e. The van der Waals surface area contributed by atoms with Crippen molar-refractivity contribution >= 4 is 51.1 Å². The topological polar surface area (TPSA) is 229 Å². The Morgan fingerprint density at radius 2 is 1.93 bits per heavy atom. The van der Waals surface area contributed by atoms with Crippen LogP contribution in [0.4, 0.5) is 16.5 Å². The fraction of sp³-hybridized carbons (Fsp3) is 0.267. The highest BCUT2D eigenvalue weighted by atomic mass is 32.1. The average molecular weight is 634 g/mol. The number of aromatic hydroxyl groups is 1. The van der Waals surface area contributed by atoms with Gasteiger partial charge in [-0.25, -0.2) is 4.98 Å². The van der Waals surface area contributed by atoms with Crippen LogP contribution in [0.15, 0.2) is 58.7 Å². The van der Waals surface area contributed by atoms with Crippen LogP contribution in [0, 0.1) is 22.0 Å². The van der Waals surface area contributed by atoms with Crippen LogP contribution in [-0.2, 0) is 20.8 Å². The average Bonchev–Trinajstić information content (AvgIpc) is 3.45. The van der Waals surface area contributed by atoms with E-state index < -0.39 is 68.7 Å². The standard InChI is InChI=1S/C30H27N5O9S/c1-34(2)22-16-10-14-8-13-6-7-17(32-29-33-18(11-45-29)12-4-3-5-15(9-12)35(43)44)23(36)19(13)24(37)20(14)26(39)30(16,42)27(40)21(25(22)38)28(31)41/h3-7,9,11,14,16,22,36-37,40,42H,8,10H2,1-2H3,(H2,31,41)(H,32,33)/t14-,16-,22-,30-/m1/s1. The Balaban J connectivity index is 1.38. The van der Waals surface area contributed by atoms with Crippen LogP contribution in [0.25, 0.3) is 17.0 Å². The predicted molar refractivity (Wildman–Crippen MR) is 162 cm³/mol. The molecule has 1 amide bonds. The number of phenolic OH excluding ortho intramolecular Hbond substituents is 1. The predicted octanol–water partition coefficient (Wildman–Crippen LogP) is 2.74. The molecule has 14 nitrogen and oxygen atoms in total. The molecular weight excluding hydrogens is 606 g/mol. The Bertz CT molecular complexity index is 1900. The number of aliphatic hydroxyl groups is 3. The van der Waals surface area contributed by atoms with Gasteiger partial charge >= 0.3 is 0 Å². The summed E-state index contributed by atoms with van der Waals surface area (Å²) in [5.41, 5.74) is 2.96. The van der Waals surface area contributed by atoms with Crippen LogP contribution in [0.1, 0.15) is 17.5 Å². The van der Waals surface area contributed by atoms with Gasteiger partial charge in [0, 0.05) is 34.6 Å². The monoisotopic (exact) mass is 633 g/mol. The molecule has 7 N–H and O–H groups in total. The fourth-order valence-electron chi connectivity index (χ4n) is 6.68. The molecule has 232 valence electrons. The van der Waals surface area contributed by atoms with Gasteiger partial charge in [0.2, 0.25) is 5.78 Å². The maximum Gasteiger partial charge on any atom is 0.270 e. The number of carbonyl (C=O) groups is 3. The second-order valence-electron chi connectivity index (χ2n) is 11.4. The molecule has 1 saturated carbocycles. The van der Waals surface area contributed by atoms with Gasteiger partial charge in [-0.1, -0.05) is 18.2 Å². The van der Waals surface area contributed by atoms with Gasteiger partial charge in [0.15, 0.2) is 16.5 Å². The number of likely N-dealkylation sites (N-methyl/N-ethyl adjacent to an activating group) is 1. The number of thiazole rings is 1. The maximum absolute atomic E-state index is 14.0. The molecule has 3 aliphatic rings. The number of ketones is 2. The van der Waals surface area contributed by atoms with E-state index in [9.17, 15) is 44.9 Å². The Morgan fingerprint density at radius 3 is 2.60 bits per heavy atom. The molecule has 3 aliphatic carbocycles. The Hall–Kier alpha value is -5.12. The third-order valence-electron chi connectivity index (χ3n) is 8.69. The number of phenols is 1. The minimum absolute atomic E-state index is 0.00787. The van der Waals surface area contributed by atoms with Crippen LogP contribution < -0.4 is 11.1 Å². The lowest BCUT2D eigenvalue weighted by Crippen LogP contribution is -2.65. The van der Waals surface area contributed by atoms with Gasteiger partial charge in [0.05, 0.1) is 27.9 Å². The number of Topliss-reactive ketones (excluding diaryl/α,β-unsaturated/α-hetero) is 2. The van der Waals surface area contributed by atoms with Crippen molar-refractivity contribution in [1.29, 1.82) is 0 Å². The molecule has 45 heavy (non-hydrogen) atoms. The molecule has 1 aromatic heterocycles. The van der Waals surface area contributed by atoms with Crippen molar-refractivity contribution < 1.29 is 39.7 Å². The zero-order chi connectivity index (χ0) is 32.5. The number of nitrogens with one attached hydrogen (secondary N) is 1. The molecular formula is C30H27N5O9S. The van der Waals surface area contributed by atoms with Crippen LogP contribution in [0.5, 0.6) is 5.75 Å². The molecule has 0 saturated heterocycles.